The fourth-order valence-corrected chi connectivity index (χ4v) is 4.37. The molecule has 1 aliphatic rings. The van der Waals surface area contributed by atoms with Crippen LogP contribution in [-0.4, -0.2) is 30.2 Å². The number of benzene rings is 2. The van der Waals surface area contributed by atoms with Gasteiger partial charge in [-0.1, -0.05) is 18.5 Å². The van der Waals surface area contributed by atoms with Crippen LogP contribution in [0.2, 0.25) is 5.02 Å². The Balaban J connectivity index is 1.57. The van der Waals surface area contributed by atoms with Crippen molar-refractivity contribution < 1.29 is 18.4 Å². The predicted molar refractivity (Wildman–Crippen MR) is 112 cm³/mol. The van der Waals surface area contributed by atoms with Gasteiger partial charge in [-0.15, -0.1) is 11.8 Å². The van der Waals surface area contributed by atoms with E-state index in [4.69, 9.17) is 11.6 Å². The Labute approximate surface area is 177 Å². The molecule has 0 aromatic heterocycles. The zero-order chi connectivity index (χ0) is 21.0. The van der Waals surface area contributed by atoms with E-state index in [9.17, 15) is 18.4 Å². The molecule has 0 bridgehead atoms. The number of fused-ring (bicyclic) bond motifs is 1. The van der Waals surface area contributed by atoms with Crippen LogP contribution in [0.4, 0.5) is 14.5 Å². The molecular weight excluding hydrogens is 418 g/mol. The molecule has 1 atom stereocenters. The van der Waals surface area contributed by atoms with Gasteiger partial charge in [0.25, 0.3) is 5.91 Å². The number of carbonyl (C=O) groups is 2. The Hall–Kier alpha value is -2.12. The first-order chi connectivity index (χ1) is 13.8. The highest BCUT2D eigenvalue weighted by molar-refractivity contribution is 8.00. The fourth-order valence-electron chi connectivity index (χ4n) is 3.11. The normalized spacial score (nSPS) is 16.1. The SMILES string of the molecule is CC1CCN(C(=O)CCCNC(=O)c2ccc(F)cc2F)c2cc(Cl)ccc2S1. The number of rotatable bonds is 5. The van der Waals surface area contributed by atoms with E-state index < -0.39 is 17.5 Å². The maximum atomic E-state index is 13.7. The number of amides is 2. The summed E-state index contributed by atoms with van der Waals surface area (Å²) in [6, 6.07) is 8.35. The van der Waals surface area contributed by atoms with Crippen LogP contribution in [-0.2, 0) is 4.79 Å². The second kappa shape index (κ2) is 9.59. The van der Waals surface area contributed by atoms with Gasteiger partial charge in [-0.05, 0) is 43.2 Å². The van der Waals surface area contributed by atoms with Crippen molar-refractivity contribution >= 4 is 40.9 Å². The maximum Gasteiger partial charge on any atom is 0.254 e. The van der Waals surface area contributed by atoms with Gasteiger partial charge in [0, 0.05) is 40.7 Å². The molecule has 29 heavy (non-hydrogen) atoms. The quantitative estimate of drug-likeness (QED) is 0.665. The highest BCUT2D eigenvalue weighted by atomic mass is 35.5. The van der Waals surface area contributed by atoms with Crippen molar-refractivity contribution in [1.29, 1.82) is 0 Å². The third-order valence-electron chi connectivity index (χ3n) is 4.63. The van der Waals surface area contributed by atoms with Crippen LogP contribution in [0.5, 0.6) is 0 Å². The Bertz CT molecular complexity index is 926. The minimum atomic E-state index is -0.914. The summed E-state index contributed by atoms with van der Waals surface area (Å²) in [4.78, 5) is 27.6. The summed E-state index contributed by atoms with van der Waals surface area (Å²) in [6.45, 7) is 2.94. The third-order valence-corrected chi connectivity index (χ3v) is 6.10. The molecule has 2 aromatic carbocycles. The van der Waals surface area contributed by atoms with Crippen LogP contribution >= 0.6 is 23.4 Å². The van der Waals surface area contributed by atoms with Crippen molar-refractivity contribution in [1.82, 2.24) is 5.32 Å². The summed E-state index contributed by atoms with van der Waals surface area (Å²) in [5, 5.41) is 3.53. The van der Waals surface area contributed by atoms with Gasteiger partial charge in [-0.2, -0.15) is 0 Å². The van der Waals surface area contributed by atoms with Crippen molar-refractivity contribution in [2.75, 3.05) is 18.0 Å². The molecule has 1 unspecified atom stereocenters. The number of halogens is 3. The Morgan fingerprint density at radius 1 is 1.24 bits per heavy atom. The molecule has 2 aromatic rings. The van der Waals surface area contributed by atoms with Gasteiger partial charge < -0.3 is 10.2 Å². The smallest absolute Gasteiger partial charge is 0.254 e. The lowest BCUT2D eigenvalue weighted by Crippen LogP contribution is -2.33. The first-order valence-corrected chi connectivity index (χ1v) is 10.6. The zero-order valence-electron chi connectivity index (χ0n) is 15.9. The Kier molecular flexibility index (Phi) is 7.14. The van der Waals surface area contributed by atoms with Gasteiger partial charge in [0.15, 0.2) is 0 Å². The van der Waals surface area contributed by atoms with E-state index in [0.717, 1.165) is 29.1 Å². The van der Waals surface area contributed by atoms with Crippen LogP contribution in [0, 0.1) is 11.6 Å². The average molecular weight is 439 g/mol. The van der Waals surface area contributed by atoms with E-state index in [-0.39, 0.29) is 24.4 Å². The van der Waals surface area contributed by atoms with E-state index in [1.807, 2.05) is 12.1 Å². The number of carbonyl (C=O) groups excluding carboxylic acids is 2. The summed E-state index contributed by atoms with van der Waals surface area (Å²) in [6.07, 6.45) is 1.50. The number of anilines is 1. The molecule has 0 saturated heterocycles. The molecular formula is C21H21ClF2N2O2S. The van der Waals surface area contributed by atoms with E-state index in [1.165, 1.54) is 0 Å². The summed E-state index contributed by atoms with van der Waals surface area (Å²) in [5.41, 5.74) is 0.592. The zero-order valence-corrected chi connectivity index (χ0v) is 17.5. The molecule has 154 valence electrons. The summed E-state index contributed by atoms with van der Waals surface area (Å²) in [5.74, 6) is -2.34. The predicted octanol–water partition coefficient (Wildman–Crippen LogP) is 5.05. The highest BCUT2D eigenvalue weighted by Gasteiger charge is 2.24. The molecule has 1 heterocycles. The first-order valence-electron chi connectivity index (χ1n) is 9.35. The van der Waals surface area contributed by atoms with E-state index in [1.54, 1.807) is 22.7 Å². The molecule has 4 nitrogen and oxygen atoms in total. The summed E-state index contributed by atoms with van der Waals surface area (Å²) >= 11 is 7.85. The highest BCUT2D eigenvalue weighted by Crippen LogP contribution is 2.39. The Morgan fingerprint density at radius 3 is 2.79 bits per heavy atom. The number of nitrogens with one attached hydrogen (secondary N) is 1. The van der Waals surface area contributed by atoms with Gasteiger partial charge in [0.2, 0.25) is 5.91 Å². The summed E-state index contributed by atoms with van der Waals surface area (Å²) in [7, 11) is 0. The van der Waals surface area contributed by atoms with Crippen molar-refractivity contribution in [3.63, 3.8) is 0 Å². The van der Waals surface area contributed by atoms with Gasteiger partial charge >= 0.3 is 0 Å². The number of nitrogens with zero attached hydrogens (tertiary/aromatic N) is 1. The lowest BCUT2D eigenvalue weighted by molar-refractivity contribution is -0.118. The van der Waals surface area contributed by atoms with Crippen molar-refractivity contribution in [2.24, 2.45) is 0 Å². The Morgan fingerprint density at radius 2 is 2.03 bits per heavy atom. The fraction of sp³-hybridized carbons (Fsp3) is 0.333. The minimum Gasteiger partial charge on any atom is -0.352 e. The van der Waals surface area contributed by atoms with Crippen molar-refractivity contribution in [3.05, 3.63) is 58.6 Å². The van der Waals surface area contributed by atoms with Crippen molar-refractivity contribution in [2.45, 2.75) is 36.3 Å². The van der Waals surface area contributed by atoms with Crippen LogP contribution in [0.1, 0.15) is 36.5 Å². The molecule has 0 fully saturated rings. The lowest BCUT2D eigenvalue weighted by Gasteiger charge is -2.23. The van der Waals surface area contributed by atoms with Gasteiger partial charge in [-0.25, -0.2) is 8.78 Å². The van der Waals surface area contributed by atoms with Gasteiger partial charge in [-0.3, -0.25) is 9.59 Å². The molecule has 2 amide bonds. The van der Waals surface area contributed by atoms with Crippen LogP contribution < -0.4 is 10.2 Å². The molecule has 0 radical (unpaired) electrons. The largest absolute Gasteiger partial charge is 0.352 e. The second-order valence-electron chi connectivity index (χ2n) is 6.86. The molecule has 0 saturated carbocycles. The monoisotopic (exact) mass is 438 g/mol. The van der Waals surface area contributed by atoms with Gasteiger partial charge in [0.05, 0.1) is 11.3 Å². The van der Waals surface area contributed by atoms with Crippen LogP contribution in [0.15, 0.2) is 41.3 Å². The number of hydrogen-bond acceptors (Lipinski definition) is 3. The van der Waals surface area contributed by atoms with Crippen LogP contribution in [0.25, 0.3) is 0 Å². The van der Waals surface area contributed by atoms with E-state index >= 15 is 0 Å². The minimum absolute atomic E-state index is 0.0505. The van der Waals surface area contributed by atoms with Gasteiger partial charge in [0.1, 0.15) is 11.6 Å². The summed E-state index contributed by atoms with van der Waals surface area (Å²) < 4.78 is 26.6. The topological polar surface area (TPSA) is 49.4 Å². The van der Waals surface area contributed by atoms with E-state index in [2.05, 4.69) is 12.2 Å². The lowest BCUT2D eigenvalue weighted by atomic mass is 10.2. The maximum absolute atomic E-state index is 13.7. The second-order valence-corrected chi connectivity index (χ2v) is 8.77. The standard InChI is InChI=1S/C21H21ClF2N2O2S/c1-13-8-10-26(18-11-14(22)4-7-19(18)29-13)20(27)3-2-9-25-21(28)16-6-5-15(23)12-17(16)24/h4-7,11-13H,2-3,8-10H2,1H3,(H,25,28). The van der Waals surface area contributed by atoms with E-state index in [0.29, 0.717) is 29.3 Å². The van der Waals surface area contributed by atoms with Crippen molar-refractivity contribution in [3.8, 4) is 0 Å². The first kappa shape index (κ1) is 21.6. The molecule has 3 rings (SSSR count). The molecule has 8 heteroatoms. The third kappa shape index (κ3) is 5.48. The average Bonchev–Trinajstić information content (AvgIpc) is 2.83. The number of thioether (sulfide) groups is 1. The van der Waals surface area contributed by atoms with Crippen LogP contribution in [0.3, 0.4) is 0 Å². The molecule has 1 aliphatic heterocycles. The molecule has 0 aliphatic carbocycles. The molecule has 0 spiro atoms. The number of hydrogen-bond donors (Lipinski definition) is 1. The molecule has 1 N–H and O–H groups in total.